The number of para-hydroxylation sites is 1. The number of benzene rings is 3. The Morgan fingerprint density at radius 2 is 1.77 bits per heavy atom. The van der Waals surface area contributed by atoms with Crippen molar-refractivity contribution in [1.29, 1.82) is 0 Å². The number of aliphatic hydroxyl groups is 1. The van der Waals surface area contributed by atoms with E-state index in [-0.39, 0.29) is 23.7 Å². The molecule has 7 heteroatoms. The van der Waals surface area contributed by atoms with E-state index in [1.807, 2.05) is 49.0 Å². The fourth-order valence-electron chi connectivity index (χ4n) is 4.69. The number of amides is 1. The molecule has 0 saturated carbocycles. The Bertz CT molecular complexity index is 1520. The molecule has 1 unspecified atom stereocenters. The zero-order valence-corrected chi connectivity index (χ0v) is 20.7. The quantitative estimate of drug-likeness (QED) is 0.199. The van der Waals surface area contributed by atoms with Gasteiger partial charge in [0.1, 0.15) is 11.6 Å². The number of aryl methyl sites for hydroxylation is 2. The maximum Gasteiger partial charge on any atom is 0.295 e. The summed E-state index contributed by atoms with van der Waals surface area (Å²) in [7, 11) is 1.90. The van der Waals surface area contributed by atoms with Crippen LogP contribution in [0.25, 0.3) is 16.7 Å². The molecule has 5 rings (SSSR count). The number of rotatable bonds is 4. The highest BCUT2D eigenvalue weighted by molar-refractivity contribution is 9.10. The summed E-state index contributed by atoms with van der Waals surface area (Å²) in [4.78, 5) is 28.1. The molecule has 1 aromatic heterocycles. The summed E-state index contributed by atoms with van der Waals surface area (Å²) in [5, 5.41) is 12.2. The molecule has 176 valence electrons. The van der Waals surface area contributed by atoms with Gasteiger partial charge in [-0.3, -0.25) is 9.59 Å². The molecule has 1 N–H and O–H groups in total. The fraction of sp³-hybridized carbons (Fsp3) is 0.143. The van der Waals surface area contributed by atoms with Crippen molar-refractivity contribution in [3.05, 3.63) is 111 Å². The van der Waals surface area contributed by atoms with E-state index in [1.165, 1.54) is 17.0 Å². The van der Waals surface area contributed by atoms with Gasteiger partial charge in [-0.2, -0.15) is 0 Å². The molecule has 1 amide bonds. The van der Waals surface area contributed by atoms with Crippen LogP contribution in [0, 0.1) is 12.7 Å². The number of carbonyl (C=O) groups excluding carboxylic acids is 2. The minimum Gasteiger partial charge on any atom is -0.507 e. The molecule has 1 aliphatic heterocycles. The fourth-order valence-corrected chi connectivity index (χ4v) is 4.94. The Balaban J connectivity index is 1.73. The maximum atomic E-state index is 13.5. The lowest BCUT2D eigenvalue weighted by atomic mass is 9.94. The standard InChI is InChI=1S/C28H22BrFN2O3/c1-16-13-18(9-12-22(16)29)26(33)24-25(21-15-31(2)23-6-4-3-5-20(21)23)32(28(35)27(24)34)14-17-7-10-19(30)11-8-17/h3-13,15,25,33H,14H2,1-2H3/b26-24+. The van der Waals surface area contributed by atoms with E-state index >= 15 is 0 Å². The van der Waals surface area contributed by atoms with Gasteiger partial charge in [0.25, 0.3) is 11.7 Å². The Hall–Kier alpha value is -3.71. The summed E-state index contributed by atoms with van der Waals surface area (Å²) < 4.78 is 16.3. The normalized spacial score (nSPS) is 17.5. The van der Waals surface area contributed by atoms with Gasteiger partial charge in [-0.25, -0.2) is 4.39 Å². The van der Waals surface area contributed by atoms with Crippen molar-refractivity contribution in [3.63, 3.8) is 0 Å². The van der Waals surface area contributed by atoms with Gasteiger partial charge in [-0.05, 0) is 48.4 Å². The summed E-state index contributed by atoms with van der Waals surface area (Å²) in [5.41, 5.74) is 3.73. The van der Waals surface area contributed by atoms with Crippen LogP contribution in [0.15, 0.2) is 83.0 Å². The largest absolute Gasteiger partial charge is 0.507 e. The predicted molar refractivity (Wildman–Crippen MR) is 136 cm³/mol. The van der Waals surface area contributed by atoms with Gasteiger partial charge in [0.05, 0.1) is 11.6 Å². The molecule has 0 aliphatic carbocycles. The van der Waals surface area contributed by atoms with E-state index in [9.17, 15) is 19.1 Å². The Morgan fingerprint density at radius 3 is 2.49 bits per heavy atom. The van der Waals surface area contributed by atoms with Crippen molar-refractivity contribution in [2.75, 3.05) is 0 Å². The topological polar surface area (TPSA) is 62.5 Å². The Kier molecular flexibility index (Phi) is 5.81. The monoisotopic (exact) mass is 532 g/mol. The number of hydrogen-bond donors (Lipinski definition) is 1. The second-order valence-corrected chi connectivity index (χ2v) is 9.58. The summed E-state index contributed by atoms with van der Waals surface area (Å²) in [6.45, 7) is 1.98. The number of hydrogen-bond acceptors (Lipinski definition) is 3. The van der Waals surface area contributed by atoms with Crippen LogP contribution in [-0.2, 0) is 23.2 Å². The highest BCUT2D eigenvalue weighted by Crippen LogP contribution is 2.43. The molecule has 0 bridgehead atoms. The van der Waals surface area contributed by atoms with Crippen molar-refractivity contribution < 1.29 is 19.1 Å². The average Bonchev–Trinajstić information content (AvgIpc) is 3.30. The van der Waals surface area contributed by atoms with E-state index < -0.39 is 17.7 Å². The molecule has 0 radical (unpaired) electrons. The molecule has 1 aliphatic rings. The van der Waals surface area contributed by atoms with Crippen molar-refractivity contribution >= 4 is 44.3 Å². The lowest BCUT2D eigenvalue weighted by Crippen LogP contribution is -2.29. The number of ketones is 1. The molecule has 1 fully saturated rings. The smallest absolute Gasteiger partial charge is 0.295 e. The van der Waals surface area contributed by atoms with E-state index in [0.29, 0.717) is 11.1 Å². The first kappa shape index (κ1) is 23.1. The molecular formula is C28H22BrFN2O3. The summed E-state index contributed by atoms with van der Waals surface area (Å²) in [6.07, 6.45) is 1.89. The number of fused-ring (bicyclic) bond motifs is 1. The third kappa shape index (κ3) is 3.96. The van der Waals surface area contributed by atoms with E-state index in [2.05, 4.69) is 15.9 Å². The van der Waals surface area contributed by atoms with Crippen LogP contribution in [0.5, 0.6) is 0 Å². The predicted octanol–water partition coefficient (Wildman–Crippen LogP) is 6.01. The lowest BCUT2D eigenvalue weighted by Gasteiger charge is -2.25. The first-order valence-corrected chi connectivity index (χ1v) is 11.9. The number of nitrogens with zero attached hydrogens (tertiary/aromatic N) is 2. The zero-order chi connectivity index (χ0) is 24.9. The minimum absolute atomic E-state index is 0.0372. The second-order valence-electron chi connectivity index (χ2n) is 8.73. The van der Waals surface area contributed by atoms with Crippen molar-refractivity contribution in [2.24, 2.45) is 7.05 Å². The summed E-state index contributed by atoms with van der Waals surface area (Å²) in [5.74, 6) is -2.06. The van der Waals surface area contributed by atoms with Crippen LogP contribution in [0.4, 0.5) is 4.39 Å². The highest BCUT2D eigenvalue weighted by atomic mass is 79.9. The number of carbonyl (C=O) groups is 2. The Morgan fingerprint density at radius 1 is 1.06 bits per heavy atom. The van der Waals surface area contributed by atoms with Gasteiger partial charge in [0, 0.05) is 46.3 Å². The second kappa shape index (κ2) is 8.82. The molecule has 1 atom stereocenters. The molecule has 4 aromatic rings. The molecular weight excluding hydrogens is 511 g/mol. The van der Waals surface area contributed by atoms with Gasteiger partial charge in [-0.15, -0.1) is 0 Å². The molecule has 1 saturated heterocycles. The van der Waals surface area contributed by atoms with Gasteiger partial charge >= 0.3 is 0 Å². The number of halogens is 2. The molecule has 5 nitrogen and oxygen atoms in total. The van der Waals surface area contributed by atoms with E-state index in [4.69, 9.17) is 0 Å². The van der Waals surface area contributed by atoms with Crippen LogP contribution in [0.3, 0.4) is 0 Å². The number of likely N-dealkylation sites (tertiary alicyclic amines) is 1. The summed E-state index contributed by atoms with van der Waals surface area (Å²) in [6, 6.07) is 18.0. The maximum absolute atomic E-state index is 13.5. The lowest BCUT2D eigenvalue weighted by molar-refractivity contribution is -0.140. The SMILES string of the molecule is Cc1cc(/C(O)=C2\C(=O)C(=O)N(Cc3ccc(F)cc3)C2c2cn(C)c3ccccc23)ccc1Br. The molecule has 2 heterocycles. The number of aliphatic hydroxyl groups excluding tert-OH is 1. The van der Waals surface area contributed by atoms with Gasteiger partial charge < -0.3 is 14.6 Å². The molecule has 0 spiro atoms. The number of Topliss-reactive ketones (excluding diaryl/α,β-unsaturated/α-hetero) is 1. The first-order valence-electron chi connectivity index (χ1n) is 11.1. The van der Waals surface area contributed by atoms with Gasteiger partial charge in [0.2, 0.25) is 0 Å². The third-order valence-corrected chi connectivity index (χ3v) is 7.35. The van der Waals surface area contributed by atoms with E-state index in [1.54, 1.807) is 30.3 Å². The van der Waals surface area contributed by atoms with Crippen LogP contribution < -0.4 is 0 Å². The highest BCUT2D eigenvalue weighted by Gasteiger charge is 2.47. The van der Waals surface area contributed by atoms with Crippen LogP contribution in [0.2, 0.25) is 0 Å². The first-order chi connectivity index (χ1) is 16.8. The van der Waals surface area contributed by atoms with Gasteiger partial charge in [-0.1, -0.05) is 52.3 Å². The van der Waals surface area contributed by atoms with Gasteiger partial charge in [0.15, 0.2) is 0 Å². The van der Waals surface area contributed by atoms with Crippen LogP contribution in [0.1, 0.15) is 28.3 Å². The third-order valence-electron chi connectivity index (χ3n) is 6.46. The molecule has 3 aromatic carbocycles. The summed E-state index contributed by atoms with van der Waals surface area (Å²) >= 11 is 3.46. The van der Waals surface area contributed by atoms with Crippen molar-refractivity contribution in [3.8, 4) is 0 Å². The van der Waals surface area contributed by atoms with Crippen molar-refractivity contribution in [1.82, 2.24) is 9.47 Å². The minimum atomic E-state index is -0.810. The zero-order valence-electron chi connectivity index (χ0n) is 19.1. The van der Waals surface area contributed by atoms with Crippen LogP contribution in [-0.4, -0.2) is 26.3 Å². The van der Waals surface area contributed by atoms with Crippen LogP contribution >= 0.6 is 15.9 Å². The Labute approximate surface area is 210 Å². The van der Waals surface area contributed by atoms with Crippen molar-refractivity contribution in [2.45, 2.75) is 19.5 Å². The molecule has 35 heavy (non-hydrogen) atoms. The van der Waals surface area contributed by atoms with E-state index in [0.717, 1.165) is 26.5 Å². The average molecular weight is 533 g/mol. The number of aromatic nitrogens is 1.